The fraction of sp³-hybridized carbons (Fsp3) is 0.250. The van der Waals surface area contributed by atoms with Crippen molar-refractivity contribution in [2.45, 2.75) is 11.9 Å². The van der Waals surface area contributed by atoms with E-state index in [-0.39, 0.29) is 0 Å². The molecule has 0 saturated carbocycles. The Morgan fingerprint density at radius 3 is 2.83 bits per heavy atom. The maximum Gasteiger partial charge on any atom is 0.0960 e. The van der Waals surface area contributed by atoms with E-state index in [2.05, 4.69) is 10.1 Å². The standard InChI is InChI=1S/C8H10N2OS/c1-6-7(5-9-11)3-4-8(10-6)12-2/h3-5,11H,1-2H3. The fourth-order valence-corrected chi connectivity index (χ4v) is 1.29. The smallest absolute Gasteiger partial charge is 0.0960 e. The lowest BCUT2D eigenvalue weighted by atomic mass is 10.2. The Morgan fingerprint density at radius 1 is 1.58 bits per heavy atom. The molecule has 3 nitrogen and oxygen atoms in total. The Balaban J connectivity index is 3.03. The molecule has 64 valence electrons. The third-order valence-electron chi connectivity index (χ3n) is 1.51. The Kier molecular flexibility index (Phi) is 3.10. The Bertz CT molecular complexity index is 299. The molecule has 4 heteroatoms. The van der Waals surface area contributed by atoms with E-state index >= 15 is 0 Å². The van der Waals surface area contributed by atoms with Gasteiger partial charge in [-0.15, -0.1) is 11.8 Å². The lowest BCUT2D eigenvalue weighted by molar-refractivity contribution is 0.322. The molecule has 0 radical (unpaired) electrons. The molecular formula is C8H10N2OS. The Labute approximate surface area is 75.5 Å². The molecule has 0 spiro atoms. The molecule has 1 aromatic heterocycles. The fourth-order valence-electron chi connectivity index (χ4n) is 0.861. The van der Waals surface area contributed by atoms with E-state index in [0.29, 0.717) is 0 Å². The van der Waals surface area contributed by atoms with Gasteiger partial charge in [-0.2, -0.15) is 0 Å². The molecule has 0 aliphatic carbocycles. The second-order valence-electron chi connectivity index (χ2n) is 2.27. The van der Waals surface area contributed by atoms with Crippen LogP contribution in [0.5, 0.6) is 0 Å². The van der Waals surface area contributed by atoms with E-state index in [4.69, 9.17) is 5.21 Å². The predicted molar refractivity (Wildman–Crippen MR) is 50.1 cm³/mol. The van der Waals surface area contributed by atoms with Crippen LogP contribution in [0.2, 0.25) is 0 Å². The highest BCUT2D eigenvalue weighted by Gasteiger charge is 1.97. The van der Waals surface area contributed by atoms with Gasteiger partial charge in [0.05, 0.1) is 11.2 Å². The summed E-state index contributed by atoms with van der Waals surface area (Å²) in [5.41, 5.74) is 1.72. The molecule has 0 aromatic carbocycles. The first-order chi connectivity index (χ1) is 5.77. The van der Waals surface area contributed by atoms with Gasteiger partial charge in [-0.05, 0) is 25.3 Å². The molecule has 0 aliphatic heterocycles. The zero-order chi connectivity index (χ0) is 8.97. The highest BCUT2D eigenvalue weighted by molar-refractivity contribution is 7.98. The molecule has 1 heterocycles. The summed E-state index contributed by atoms with van der Waals surface area (Å²) in [7, 11) is 0. The molecule has 0 bridgehead atoms. The Morgan fingerprint density at radius 2 is 2.33 bits per heavy atom. The molecule has 0 aliphatic rings. The second-order valence-corrected chi connectivity index (χ2v) is 3.10. The zero-order valence-electron chi connectivity index (χ0n) is 6.98. The first-order valence-corrected chi connectivity index (χ1v) is 4.69. The van der Waals surface area contributed by atoms with Crippen molar-refractivity contribution in [1.29, 1.82) is 0 Å². The summed E-state index contributed by atoms with van der Waals surface area (Å²) in [4.78, 5) is 4.27. The van der Waals surface area contributed by atoms with E-state index in [9.17, 15) is 0 Å². The largest absolute Gasteiger partial charge is 0.411 e. The number of rotatable bonds is 2. The van der Waals surface area contributed by atoms with Crippen molar-refractivity contribution in [3.05, 3.63) is 23.4 Å². The summed E-state index contributed by atoms with van der Waals surface area (Å²) in [6, 6.07) is 3.78. The quantitative estimate of drug-likeness (QED) is 0.329. The summed E-state index contributed by atoms with van der Waals surface area (Å²) in [6.07, 6.45) is 3.36. The average Bonchev–Trinajstić information content (AvgIpc) is 2.09. The van der Waals surface area contributed by atoms with Gasteiger partial charge in [0, 0.05) is 11.3 Å². The van der Waals surface area contributed by atoms with Crippen LogP contribution in [0.3, 0.4) is 0 Å². The predicted octanol–water partition coefficient (Wildman–Crippen LogP) is 1.92. The lowest BCUT2D eigenvalue weighted by Crippen LogP contribution is -1.91. The molecule has 1 aromatic rings. The lowest BCUT2D eigenvalue weighted by Gasteiger charge is -2.00. The number of hydrogen-bond acceptors (Lipinski definition) is 4. The van der Waals surface area contributed by atoms with Crippen LogP contribution in [-0.2, 0) is 0 Å². The third kappa shape index (κ3) is 1.98. The van der Waals surface area contributed by atoms with Crippen molar-refractivity contribution < 1.29 is 5.21 Å². The zero-order valence-corrected chi connectivity index (χ0v) is 7.80. The molecule has 1 rings (SSSR count). The summed E-state index contributed by atoms with van der Waals surface area (Å²) in [6.45, 7) is 1.89. The number of aryl methyl sites for hydroxylation is 1. The number of aromatic nitrogens is 1. The first kappa shape index (κ1) is 9.06. The van der Waals surface area contributed by atoms with Gasteiger partial charge >= 0.3 is 0 Å². The summed E-state index contributed by atoms with van der Waals surface area (Å²) < 4.78 is 0. The van der Waals surface area contributed by atoms with Gasteiger partial charge in [-0.25, -0.2) is 4.98 Å². The van der Waals surface area contributed by atoms with Crippen LogP contribution in [0.1, 0.15) is 11.3 Å². The summed E-state index contributed by atoms with van der Waals surface area (Å²) in [5, 5.41) is 12.2. The molecule has 12 heavy (non-hydrogen) atoms. The van der Waals surface area contributed by atoms with Gasteiger partial charge in [0.25, 0.3) is 0 Å². The van der Waals surface area contributed by atoms with Crippen LogP contribution in [0.25, 0.3) is 0 Å². The second kappa shape index (κ2) is 4.11. The van der Waals surface area contributed by atoms with E-state index < -0.39 is 0 Å². The summed E-state index contributed by atoms with van der Waals surface area (Å²) >= 11 is 1.59. The number of thioether (sulfide) groups is 1. The number of pyridine rings is 1. The van der Waals surface area contributed by atoms with E-state index in [1.807, 2.05) is 25.3 Å². The van der Waals surface area contributed by atoms with Gasteiger partial charge in [0.15, 0.2) is 0 Å². The van der Waals surface area contributed by atoms with Crippen molar-refractivity contribution in [2.24, 2.45) is 5.16 Å². The minimum atomic E-state index is 0.843. The molecule has 0 fully saturated rings. The number of hydrogen-bond donors (Lipinski definition) is 1. The van der Waals surface area contributed by atoms with Crippen LogP contribution >= 0.6 is 11.8 Å². The van der Waals surface area contributed by atoms with Crippen LogP contribution in [-0.4, -0.2) is 22.7 Å². The van der Waals surface area contributed by atoms with Gasteiger partial charge in [-0.1, -0.05) is 5.16 Å². The Hall–Kier alpha value is -1.03. The minimum Gasteiger partial charge on any atom is -0.411 e. The topological polar surface area (TPSA) is 45.5 Å². The minimum absolute atomic E-state index is 0.843. The third-order valence-corrected chi connectivity index (χ3v) is 2.15. The number of oxime groups is 1. The SMILES string of the molecule is CSc1ccc(C=NO)c(C)n1. The molecule has 0 unspecified atom stereocenters. The van der Waals surface area contributed by atoms with Crippen LogP contribution < -0.4 is 0 Å². The molecule has 0 amide bonds. The van der Waals surface area contributed by atoms with Crippen molar-refractivity contribution >= 4 is 18.0 Å². The normalized spacial score (nSPS) is 10.8. The molecule has 0 atom stereocenters. The van der Waals surface area contributed by atoms with Gasteiger partial charge in [0.1, 0.15) is 0 Å². The van der Waals surface area contributed by atoms with Crippen molar-refractivity contribution in [2.75, 3.05) is 6.26 Å². The van der Waals surface area contributed by atoms with Gasteiger partial charge < -0.3 is 5.21 Å². The summed E-state index contributed by atoms with van der Waals surface area (Å²) in [5.74, 6) is 0. The van der Waals surface area contributed by atoms with Crippen molar-refractivity contribution in [3.63, 3.8) is 0 Å². The van der Waals surface area contributed by atoms with E-state index in [1.54, 1.807) is 11.8 Å². The van der Waals surface area contributed by atoms with Gasteiger partial charge in [0.2, 0.25) is 0 Å². The van der Waals surface area contributed by atoms with Gasteiger partial charge in [-0.3, -0.25) is 0 Å². The van der Waals surface area contributed by atoms with E-state index in [1.165, 1.54) is 6.21 Å². The highest BCUT2D eigenvalue weighted by atomic mass is 32.2. The van der Waals surface area contributed by atoms with Crippen molar-refractivity contribution in [1.82, 2.24) is 4.98 Å². The monoisotopic (exact) mass is 182 g/mol. The van der Waals surface area contributed by atoms with E-state index in [0.717, 1.165) is 16.3 Å². The van der Waals surface area contributed by atoms with Crippen LogP contribution in [0.4, 0.5) is 0 Å². The molecule has 0 saturated heterocycles. The highest BCUT2D eigenvalue weighted by Crippen LogP contribution is 2.13. The average molecular weight is 182 g/mol. The maximum atomic E-state index is 8.31. The molecular weight excluding hydrogens is 172 g/mol. The van der Waals surface area contributed by atoms with Crippen LogP contribution in [0, 0.1) is 6.92 Å². The first-order valence-electron chi connectivity index (χ1n) is 3.47. The maximum absolute atomic E-state index is 8.31. The molecule has 1 N–H and O–H groups in total. The number of nitrogens with zero attached hydrogens (tertiary/aromatic N) is 2. The van der Waals surface area contributed by atoms with Crippen molar-refractivity contribution in [3.8, 4) is 0 Å². The van der Waals surface area contributed by atoms with Crippen LogP contribution in [0.15, 0.2) is 22.3 Å².